The Kier molecular flexibility index (Phi) is 2.32. The van der Waals surface area contributed by atoms with E-state index in [1.807, 2.05) is 12.3 Å². The van der Waals surface area contributed by atoms with E-state index in [-0.39, 0.29) is 0 Å². The van der Waals surface area contributed by atoms with Crippen molar-refractivity contribution in [1.82, 2.24) is 19.4 Å². The molecule has 2 saturated heterocycles. The van der Waals surface area contributed by atoms with Crippen molar-refractivity contribution in [2.45, 2.75) is 31.3 Å². The summed E-state index contributed by atoms with van der Waals surface area (Å²) in [5.41, 5.74) is 2.07. The maximum Gasteiger partial charge on any atom is 0.179 e. The van der Waals surface area contributed by atoms with E-state index in [1.54, 1.807) is 0 Å². The molecule has 0 spiro atoms. The van der Waals surface area contributed by atoms with Crippen molar-refractivity contribution in [2.75, 3.05) is 13.1 Å². The van der Waals surface area contributed by atoms with E-state index in [0.717, 1.165) is 15.9 Å². The first-order valence-electron chi connectivity index (χ1n) is 6.64. The summed E-state index contributed by atoms with van der Waals surface area (Å²) in [6.07, 6.45) is 5.67. The Labute approximate surface area is 111 Å². The molecule has 4 rings (SSSR count). The quantitative estimate of drug-likeness (QED) is 0.800. The Morgan fingerprint density at radius 1 is 1.28 bits per heavy atom. The van der Waals surface area contributed by atoms with Gasteiger partial charge in [-0.25, -0.2) is 4.98 Å². The summed E-state index contributed by atoms with van der Waals surface area (Å²) in [5.74, 6) is 0. The fourth-order valence-corrected chi connectivity index (χ4v) is 3.95. The zero-order chi connectivity index (χ0) is 12.1. The summed E-state index contributed by atoms with van der Waals surface area (Å²) in [5, 5.41) is 0. The molecule has 2 aliphatic rings. The molecule has 2 fully saturated rings. The maximum absolute atomic E-state index is 5.50. The van der Waals surface area contributed by atoms with Gasteiger partial charge in [0.15, 0.2) is 10.4 Å². The number of hydrogen-bond acceptors (Lipinski definition) is 3. The van der Waals surface area contributed by atoms with E-state index >= 15 is 0 Å². The molecule has 2 atom stereocenters. The van der Waals surface area contributed by atoms with Crippen LogP contribution in [0.2, 0.25) is 0 Å². The lowest BCUT2D eigenvalue weighted by atomic mass is 10.1. The van der Waals surface area contributed by atoms with Crippen LogP contribution in [0.4, 0.5) is 0 Å². The highest BCUT2D eigenvalue weighted by atomic mass is 32.1. The fraction of sp³-hybridized carbons (Fsp3) is 0.538. The molecule has 0 saturated carbocycles. The van der Waals surface area contributed by atoms with E-state index in [2.05, 4.69) is 25.5 Å². The van der Waals surface area contributed by atoms with Gasteiger partial charge in [-0.15, -0.1) is 0 Å². The summed E-state index contributed by atoms with van der Waals surface area (Å²) in [6.45, 7) is 2.46. The van der Waals surface area contributed by atoms with Crippen LogP contribution in [0.15, 0.2) is 18.3 Å². The van der Waals surface area contributed by atoms with Gasteiger partial charge in [-0.05, 0) is 50.2 Å². The Morgan fingerprint density at radius 2 is 2.22 bits per heavy atom. The van der Waals surface area contributed by atoms with Crippen molar-refractivity contribution in [3.8, 4) is 0 Å². The zero-order valence-electron chi connectivity index (χ0n) is 10.2. The topological polar surface area (TPSA) is 36.9 Å². The highest BCUT2D eigenvalue weighted by molar-refractivity contribution is 7.71. The predicted molar refractivity (Wildman–Crippen MR) is 73.2 cm³/mol. The average molecular weight is 260 g/mol. The molecule has 2 aromatic rings. The zero-order valence-corrected chi connectivity index (χ0v) is 11.0. The number of aromatic amines is 1. The molecule has 0 aromatic carbocycles. The first-order valence-corrected chi connectivity index (χ1v) is 7.05. The van der Waals surface area contributed by atoms with Gasteiger partial charge in [0.25, 0.3) is 0 Å². The molecule has 0 bridgehead atoms. The number of rotatable bonds is 1. The summed E-state index contributed by atoms with van der Waals surface area (Å²) in [6, 6.07) is 5.17. The number of pyridine rings is 1. The van der Waals surface area contributed by atoms with E-state index in [4.69, 9.17) is 12.2 Å². The van der Waals surface area contributed by atoms with Crippen LogP contribution in [0.5, 0.6) is 0 Å². The lowest BCUT2D eigenvalue weighted by Crippen LogP contribution is -2.27. The van der Waals surface area contributed by atoms with Crippen LogP contribution >= 0.6 is 12.2 Å². The van der Waals surface area contributed by atoms with Crippen LogP contribution in [0.25, 0.3) is 11.2 Å². The molecule has 0 radical (unpaired) electrons. The number of fused-ring (bicyclic) bond motifs is 2. The second-order valence-corrected chi connectivity index (χ2v) is 5.66. The molecular weight excluding hydrogens is 244 g/mol. The molecule has 4 nitrogen and oxygen atoms in total. The van der Waals surface area contributed by atoms with Gasteiger partial charge in [-0.2, -0.15) is 0 Å². The van der Waals surface area contributed by atoms with Crippen LogP contribution in [0, 0.1) is 4.77 Å². The summed E-state index contributed by atoms with van der Waals surface area (Å²) >= 11 is 5.50. The van der Waals surface area contributed by atoms with Gasteiger partial charge in [0, 0.05) is 18.8 Å². The number of imidazole rings is 1. The molecule has 2 unspecified atom stereocenters. The normalized spacial score (nSPS) is 28.0. The number of H-pyrrole nitrogens is 1. The van der Waals surface area contributed by atoms with Crippen molar-refractivity contribution in [3.63, 3.8) is 0 Å². The molecular formula is C13H16N4S. The van der Waals surface area contributed by atoms with E-state index < -0.39 is 0 Å². The van der Waals surface area contributed by atoms with Crippen molar-refractivity contribution >= 4 is 23.4 Å². The molecule has 2 aromatic heterocycles. The highest BCUT2D eigenvalue weighted by Gasteiger charge is 2.39. The van der Waals surface area contributed by atoms with Gasteiger partial charge < -0.3 is 4.98 Å². The Morgan fingerprint density at radius 3 is 3.17 bits per heavy atom. The van der Waals surface area contributed by atoms with Crippen molar-refractivity contribution < 1.29 is 0 Å². The third-order valence-electron chi connectivity index (χ3n) is 4.38. The fourth-order valence-electron chi connectivity index (χ4n) is 3.62. The number of hydrogen-bond donors (Lipinski definition) is 1. The molecule has 0 aliphatic carbocycles. The Bertz CT molecular complexity index is 644. The third-order valence-corrected chi connectivity index (χ3v) is 4.68. The predicted octanol–water partition coefficient (Wildman–Crippen LogP) is 2.50. The molecule has 18 heavy (non-hydrogen) atoms. The van der Waals surface area contributed by atoms with Crippen molar-refractivity contribution in [2.24, 2.45) is 0 Å². The summed E-state index contributed by atoms with van der Waals surface area (Å²) in [7, 11) is 0. The summed E-state index contributed by atoms with van der Waals surface area (Å²) in [4.78, 5) is 10.4. The minimum Gasteiger partial charge on any atom is -0.329 e. The second-order valence-electron chi connectivity index (χ2n) is 5.28. The molecule has 5 heteroatoms. The first-order chi connectivity index (χ1) is 8.84. The highest BCUT2D eigenvalue weighted by Crippen LogP contribution is 2.37. The molecule has 0 amide bonds. The summed E-state index contributed by atoms with van der Waals surface area (Å²) < 4.78 is 3.07. The SMILES string of the molecule is S=c1[nH]c2cccnc2n1C1CCN2CCCC12. The Balaban J connectivity index is 1.87. The molecule has 2 aliphatic heterocycles. The van der Waals surface area contributed by atoms with Crippen LogP contribution in [-0.4, -0.2) is 38.6 Å². The maximum atomic E-state index is 5.50. The van der Waals surface area contributed by atoms with Crippen molar-refractivity contribution in [3.05, 3.63) is 23.1 Å². The monoisotopic (exact) mass is 260 g/mol. The van der Waals surface area contributed by atoms with Gasteiger partial charge in [0.2, 0.25) is 0 Å². The Hall–Kier alpha value is -1.20. The van der Waals surface area contributed by atoms with E-state index in [1.165, 1.54) is 32.4 Å². The third kappa shape index (κ3) is 1.40. The van der Waals surface area contributed by atoms with Gasteiger partial charge in [0.1, 0.15) is 0 Å². The van der Waals surface area contributed by atoms with Crippen LogP contribution < -0.4 is 0 Å². The molecule has 94 valence electrons. The number of nitrogens with one attached hydrogen (secondary N) is 1. The minimum absolute atomic E-state index is 0.503. The standard InChI is InChI=1S/C13H16N4S/c18-13-15-9-3-1-6-14-12(9)17(13)11-5-8-16-7-2-4-10(11)16/h1,3,6,10-11H,2,4-5,7-8H2,(H,15,18). The van der Waals surface area contributed by atoms with Gasteiger partial charge in [-0.1, -0.05) is 0 Å². The minimum atomic E-state index is 0.503. The second kappa shape index (κ2) is 3.90. The first kappa shape index (κ1) is 10.7. The number of nitrogens with zero attached hydrogens (tertiary/aromatic N) is 3. The largest absolute Gasteiger partial charge is 0.329 e. The van der Waals surface area contributed by atoms with Gasteiger partial charge in [-0.3, -0.25) is 9.47 Å². The lowest BCUT2D eigenvalue weighted by Gasteiger charge is -2.21. The van der Waals surface area contributed by atoms with Crippen LogP contribution in [0.3, 0.4) is 0 Å². The van der Waals surface area contributed by atoms with E-state index in [9.17, 15) is 0 Å². The molecule has 4 heterocycles. The number of aromatic nitrogens is 3. The van der Waals surface area contributed by atoms with E-state index in [0.29, 0.717) is 12.1 Å². The van der Waals surface area contributed by atoms with Gasteiger partial charge >= 0.3 is 0 Å². The van der Waals surface area contributed by atoms with Gasteiger partial charge in [0.05, 0.1) is 11.6 Å². The van der Waals surface area contributed by atoms with Crippen LogP contribution in [-0.2, 0) is 0 Å². The van der Waals surface area contributed by atoms with Crippen molar-refractivity contribution in [1.29, 1.82) is 0 Å². The molecule has 1 N–H and O–H groups in total. The smallest absolute Gasteiger partial charge is 0.179 e. The average Bonchev–Trinajstić information content (AvgIpc) is 3.01. The van der Waals surface area contributed by atoms with Crippen LogP contribution in [0.1, 0.15) is 25.3 Å². The lowest BCUT2D eigenvalue weighted by molar-refractivity contribution is 0.291.